The number of carbonyl (C=O) groups excluding carboxylic acids is 1. The van der Waals surface area contributed by atoms with Gasteiger partial charge in [0.05, 0.1) is 0 Å². The quantitative estimate of drug-likeness (QED) is 0.801. The minimum Gasteiger partial charge on any atom is -0.480 e. The van der Waals surface area contributed by atoms with E-state index < -0.39 is 5.97 Å². The topological polar surface area (TPSA) is 60.9 Å². The van der Waals surface area contributed by atoms with Crippen LogP contribution in [0.3, 0.4) is 0 Å². The van der Waals surface area contributed by atoms with E-state index in [0.29, 0.717) is 6.54 Å². The molecule has 0 atom stereocenters. The van der Waals surface area contributed by atoms with Crippen molar-refractivity contribution in [3.05, 3.63) is 0 Å². The van der Waals surface area contributed by atoms with E-state index in [2.05, 4.69) is 0 Å². The van der Waals surface area contributed by atoms with Gasteiger partial charge in [0, 0.05) is 25.4 Å². The standard InChI is InChI=1S/C12H22N2O3S/c1-13(7-8-18-2)12(17)14(9-11(15)16)10-5-3-4-6-10/h10H,3-9H2,1-2H3,(H,15,16). The van der Waals surface area contributed by atoms with Crippen LogP contribution >= 0.6 is 11.8 Å². The van der Waals surface area contributed by atoms with E-state index in [4.69, 9.17) is 5.11 Å². The van der Waals surface area contributed by atoms with Crippen molar-refractivity contribution >= 4 is 23.8 Å². The molecule has 0 bridgehead atoms. The summed E-state index contributed by atoms with van der Waals surface area (Å²) >= 11 is 1.68. The number of thioether (sulfide) groups is 1. The Balaban J connectivity index is 2.62. The summed E-state index contributed by atoms with van der Waals surface area (Å²) in [6.07, 6.45) is 6.01. The third-order valence-electron chi connectivity index (χ3n) is 3.27. The molecule has 0 aromatic heterocycles. The van der Waals surface area contributed by atoms with Crippen LogP contribution in [0.15, 0.2) is 0 Å². The van der Waals surface area contributed by atoms with E-state index in [1.165, 1.54) is 4.90 Å². The molecule has 6 heteroatoms. The zero-order valence-corrected chi connectivity index (χ0v) is 11.9. The summed E-state index contributed by atoms with van der Waals surface area (Å²) in [4.78, 5) is 26.3. The van der Waals surface area contributed by atoms with Crippen LogP contribution in [0.5, 0.6) is 0 Å². The predicted molar refractivity (Wildman–Crippen MR) is 73.0 cm³/mol. The lowest BCUT2D eigenvalue weighted by atomic mass is 10.2. The second-order valence-electron chi connectivity index (χ2n) is 4.66. The average Bonchev–Trinajstić information content (AvgIpc) is 2.85. The van der Waals surface area contributed by atoms with Crippen LogP contribution in [-0.4, -0.2) is 65.1 Å². The first kappa shape index (κ1) is 15.1. The Bertz CT molecular complexity index is 293. The Morgan fingerprint density at radius 2 is 1.94 bits per heavy atom. The molecule has 18 heavy (non-hydrogen) atoms. The molecule has 0 aromatic carbocycles. The molecule has 1 aliphatic carbocycles. The number of hydrogen-bond donors (Lipinski definition) is 1. The molecule has 104 valence electrons. The maximum atomic E-state index is 12.3. The molecule has 1 aliphatic rings. The molecule has 2 amide bonds. The van der Waals surface area contributed by atoms with Crippen molar-refractivity contribution in [2.75, 3.05) is 32.1 Å². The van der Waals surface area contributed by atoms with E-state index >= 15 is 0 Å². The lowest BCUT2D eigenvalue weighted by molar-refractivity contribution is -0.138. The molecule has 1 N–H and O–H groups in total. The maximum Gasteiger partial charge on any atom is 0.323 e. The molecule has 0 saturated heterocycles. The van der Waals surface area contributed by atoms with Gasteiger partial charge in [-0.05, 0) is 19.1 Å². The van der Waals surface area contributed by atoms with Gasteiger partial charge in [0.2, 0.25) is 0 Å². The molecule has 1 fully saturated rings. The number of nitrogens with zero attached hydrogens (tertiary/aromatic N) is 2. The van der Waals surface area contributed by atoms with Crippen LogP contribution in [0.4, 0.5) is 4.79 Å². The highest BCUT2D eigenvalue weighted by atomic mass is 32.2. The van der Waals surface area contributed by atoms with Gasteiger partial charge in [0.25, 0.3) is 0 Å². The summed E-state index contributed by atoms with van der Waals surface area (Å²) in [5.74, 6) is -0.0677. The molecule has 0 aromatic rings. The molecule has 5 nitrogen and oxygen atoms in total. The van der Waals surface area contributed by atoms with Crippen LogP contribution in [0.2, 0.25) is 0 Å². The van der Waals surface area contributed by atoms with Gasteiger partial charge in [0.15, 0.2) is 0 Å². The van der Waals surface area contributed by atoms with E-state index in [-0.39, 0.29) is 18.6 Å². The first-order chi connectivity index (χ1) is 8.56. The van der Waals surface area contributed by atoms with Crippen LogP contribution in [0.25, 0.3) is 0 Å². The molecular weight excluding hydrogens is 252 g/mol. The van der Waals surface area contributed by atoms with Crippen molar-refractivity contribution < 1.29 is 14.7 Å². The van der Waals surface area contributed by atoms with Crippen LogP contribution in [0.1, 0.15) is 25.7 Å². The minimum absolute atomic E-state index is 0.102. The molecule has 0 aliphatic heterocycles. The predicted octanol–water partition coefficient (Wildman–Crippen LogP) is 1.73. The normalized spacial score (nSPS) is 15.7. The molecule has 1 saturated carbocycles. The van der Waals surface area contributed by atoms with Gasteiger partial charge in [-0.15, -0.1) is 0 Å². The number of amides is 2. The second-order valence-corrected chi connectivity index (χ2v) is 5.64. The van der Waals surface area contributed by atoms with Gasteiger partial charge in [-0.25, -0.2) is 4.79 Å². The lowest BCUT2D eigenvalue weighted by Crippen LogP contribution is -2.48. The minimum atomic E-state index is -0.937. The monoisotopic (exact) mass is 274 g/mol. The molecular formula is C12H22N2O3S. The smallest absolute Gasteiger partial charge is 0.323 e. The van der Waals surface area contributed by atoms with Crippen molar-refractivity contribution in [1.29, 1.82) is 0 Å². The van der Waals surface area contributed by atoms with Crippen molar-refractivity contribution in [3.63, 3.8) is 0 Å². The summed E-state index contributed by atoms with van der Waals surface area (Å²) < 4.78 is 0. The fourth-order valence-corrected chi connectivity index (χ4v) is 2.71. The highest BCUT2D eigenvalue weighted by molar-refractivity contribution is 7.98. The van der Waals surface area contributed by atoms with Crippen LogP contribution in [-0.2, 0) is 4.79 Å². The van der Waals surface area contributed by atoms with Gasteiger partial charge in [-0.1, -0.05) is 12.8 Å². The molecule has 0 unspecified atom stereocenters. The summed E-state index contributed by atoms with van der Waals surface area (Å²) in [6, 6.07) is -0.0521. The Kier molecular flexibility index (Phi) is 6.32. The zero-order chi connectivity index (χ0) is 13.5. The number of urea groups is 1. The Hall–Kier alpha value is -0.910. The Morgan fingerprint density at radius 3 is 2.44 bits per heavy atom. The summed E-state index contributed by atoms with van der Waals surface area (Å²) in [5, 5.41) is 8.93. The molecule has 0 spiro atoms. The number of carboxylic acids is 1. The Labute approximate surface area is 113 Å². The summed E-state index contributed by atoms with van der Waals surface area (Å²) in [5.41, 5.74) is 0. The van der Waals surface area contributed by atoms with Gasteiger partial charge >= 0.3 is 12.0 Å². The van der Waals surface area contributed by atoms with E-state index in [1.807, 2.05) is 6.26 Å². The zero-order valence-electron chi connectivity index (χ0n) is 11.1. The maximum absolute atomic E-state index is 12.3. The lowest BCUT2D eigenvalue weighted by Gasteiger charge is -2.31. The first-order valence-electron chi connectivity index (χ1n) is 6.28. The molecule has 0 heterocycles. The molecule has 1 rings (SSSR count). The van der Waals surface area contributed by atoms with Crippen molar-refractivity contribution in [3.8, 4) is 0 Å². The Morgan fingerprint density at radius 1 is 1.33 bits per heavy atom. The van der Waals surface area contributed by atoms with Gasteiger partial charge < -0.3 is 14.9 Å². The van der Waals surface area contributed by atoms with E-state index in [1.54, 1.807) is 23.7 Å². The number of carbonyl (C=O) groups is 2. The fraction of sp³-hybridized carbons (Fsp3) is 0.833. The first-order valence-corrected chi connectivity index (χ1v) is 7.68. The van der Waals surface area contributed by atoms with Crippen molar-refractivity contribution in [2.24, 2.45) is 0 Å². The SMILES string of the molecule is CSCCN(C)C(=O)N(CC(=O)O)C1CCCC1. The summed E-state index contributed by atoms with van der Waals surface area (Å²) in [7, 11) is 1.74. The molecule has 0 radical (unpaired) electrons. The fourth-order valence-electron chi connectivity index (χ4n) is 2.26. The number of aliphatic carboxylic acids is 1. The highest BCUT2D eigenvalue weighted by Gasteiger charge is 2.29. The summed E-state index contributed by atoms with van der Waals surface area (Å²) in [6.45, 7) is 0.468. The van der Waals surface area contributed by atoms with Crippen LogP contribution in [0, 0.1) is 0 Å². The van der Waals surface area contributed by atoms with Gasteiger partial charge in [-0.3, -0.25) is 4.79 Å². The van der Waals surface area contributed by atoms with E-state index in [9.17, 15) is 9.59 Å². The number of carboxylic acid groups (broad SMARTS) is 1. The number of rotatable bonds is 6. The van der Waals surface area contributed by atoms with Gasteiger partial charge in [-0.2, -0.15) is 11.8 Å². The van der Waals surface area contributed by atoms with Crippen molar-refractivity contribution in [2.45, 2.75) is 31.7 Å². The number of hydrogen-bond acceptors (Lipinski definition) is 3. The van der Waals surface area contributed by atoms with Gasteiger partial charge in [0.1, 0.15) is 6.54 Å². The second kappa shape index (κ2) is 7.51. The van der Waals surface area contributed by atoms with Crippen LogP contribution < -0.4 is 0 Å². The highest BCUT2D eigenvalue weighted by Crippen LogP contribution is 2.24. The largest absolute Gasteiger partial charge is 0.480 e. The third-order valence-corrected chi connectivity index (χ3v) is 3.86. The van der Waals surface area contributed by atoms with Crippen molar-refractivity contribution in [1.82, 2.24) is 9.80 Å². The average molecular weight is 274 g/mol. The van der Waals surface area contributed by atoms with E-state index in [0.717, 1.165) is 31.4 Å². The third kappa shape index (κ3) is 4.40.